The van der Waals surface area contributed by atoms with Gasteiger partial charge in [-0.1, -0.05) is 18.2 Å². The van der Waals surface area contributed by atoms with E-state index in [-0.39, 0.29) is 18.2 Å². The minimum atomic E-state index is -0.452. The van der Waals surface area contributed by atoms with E-state index < -0.39 is 6.04 Å². The Hall–Kier alpha value is -1.50. The van der Waals surface area contributed by atoms with E-state index in [1.54, 1.807) is 23.5 Å². The highest BCUT2D eigenvalue weighted by atomic mass is 79.9. The molecule has 0 radical (unpaired) electrons. The lowest BCUT2D eigenvalue weighted by atomic mass is 10.2. The number of benzene rings is 1. The largest absolute Gasteiger partial charge is 0.300 e. The number of carbonyl (C=O) groups is 2. The molecule has 0 bridgehead atoms. The van der Waals surface area contributed by atoms with Crippen molar-refractivity contribution in [3.05, 3.63) is 51.1 Å². The van der Waals surface area contributed by atoms with Gasteiger partial charge in [0, 0.05) is 15.9 Å². The van der Waals surface area contributed by atoms with Gasteiger partial charge in [0.15, 0.2) is 0 Å². The van der Waals surface area contributed by atoms with Crippen LogP contribution in [0.1, 0.15) is 11.3 Å². The average Bonchev–Trinajstić information content (AvgIpc) is 3.01. The highest BCUT2D eigenvalue weighted by Crippen LogP contribution is 2.25. The predicted molar refractivity (Wildman–Crippen MR) is 86.2 cm³/mol. The monoisotopic (exact) mass is 364 g/mol. The third-order valence-corrected chi connectivity index (χ3v) is 5.29. The van der Waals surface area contributed by atoms with Crippen molar-refractivity contribution >= 4 is 44.8 Å². The molecule has 2 aromatic rings. The molecule has 2 heterocycles. The van der Waals surface area contributed by atoms with Gasteiger partial charge >= 0.3 is 0 Å². The van der Waals surface area contributed by atoms with Crippen LogP contribution >= 0.6 is 27.3 Å². The van der Waals surface area contributed by atoms with Crippen LogP contribution in [0.5, 0.6) is 0 Å². The van der Waals surface area contributed by atoms with Crippen LogP contribution in [0.3, 0.4) is 0 Å². The van der Waals surface area contributed by atoms with Crippen LogP contribution in [0, 0.1) is 0 Å². The topological polar surface area (TPSA) is 49.4 Å². The van der Waals surface area contributed by atoms with Gasteiger partial charge in [-0.3, -0.25) is 9.59 Å². The van der Waals surface area contributed by atoms with Crippen molar-refractivity contribution in [1.29, 1.82) is 0 Å². The quantitative estimate of drug-likeness (QED) is 0.848. The lowest BCUT2D eigenvalue weighted by Crippen LogP contribution is -2.38. The Morgan fingerprint density at radius 2 is 2.00 bits per heavy atom. The fraction of sp³-hybridized carbons (Fsp3) is 0.200. The van der Waals surface area contributed by atoms with Crippen molar-refractivity contribution in [2.75, 3.05) is 4.90 Å². The van der Waals surface area contributed by atoms with E-state index in [1.165, 1.54) is 4.90 Å². The maximum absolute atomic E-state index is 12.4. The third-order valence-electron chi connectivity index (χ3n) is 3.36. The van der Waals surface area contributed by atoms with Gasteiger partial charge in [-0.05, 0) is 39.5 Å². The Labute approximate surface area is 134 Å². The number of hydrogen-bond acceptors (Lipinski definition) is 4. The Kier molecular flexibility index (Phi) is 4.19. The highest BCUT2D eigenvalue weighted by molar-refractivity contribution is 9.10. The molecule has 1 N–H and O–H groups in total. The zero-order valence-electron chi connectivity index (χ0n) is 11.1. The van der Waals surface area contributed by atoms with Gasteiger partial charge in [-0.2, -0.15) is 0 Å². The first kappa shape index (κ1) is 14.4. The summed E-state index contributed by atoms with van der Waals surface area (Å²) in [5, 5.41) is 5.16. The molecule has 1 aliphatic rings. The van der Waals surface area contributed by atoms with Crippen molar-refractivity contribution in [1.82, 2.24) is 5.32 Å². The molecule has 1 aromatic heterocycles. The van der Waals surface area contributed by atoms with Crippen LogP contribution in [-0.2, 0) is 16.1 Å². The minimum absolute atomic E-state index is 0.158. The Morgan fingerprint density at radius 1 is 1.24 bits per heavy atom. The van der Waals surface area contributed by atoms with E-state index in [0.29, 0.717) is 12.2 Å². The second-order valence-electron chi connectivity index (χ2n) is 4.73. The van der Waals surface area contributed by atoms with Crippen molar-refractivity contribution in [3.8, 4) is 0 Å². The van der Waals surface area contributed by atoms with Gasteiger partial charge in [0.2, 0.25) is 5.91 Å². The smallest absolute Gasteiger partial charge is 0.251 e. The van der Waals surface area contributed by atoms with Crippen LogP contribution in [-0.4, -0.2) is 17.9 Å². The zero-order valence-corrected chi connectivity index (χ0v) is 13.5. The van der Waals surface area contributed by atoms with Crippen LogP contribution in [0.15, 0.2) is 46.3 Å². The number of halogens is 1. The van der Waals surface area contributed by atoms with E-state index in [2.05, 4.69) is 21.2 Å². The van der Waals surface area contributed by atoms with Crippen molar-refractivity contribution in [3.63, 3.8) is 0 Å². The normalized spacial score (nSPS) is 18.5. The van der Waals surface area contributed by atoms with Crippen molar-refractivity contribution in [2.45, 2.75) is 19.0 Å². The Bertz CT molecular complexity index is 671. The number of hydrogen-bond donors (Lipinski definition) is 1. The number of para-hydroxylation sites is 1. The summed E-state index contributed by atoms with van der Waals surface area (Å²) in [4.78, 5) is 26.9. The second-order valence-corrected chi connectivity index (χ2v) is 6.59. The summed E-state index contributed by atoms with van der Waals surface area (Å²) in [6.45, 7) is 0.574. The van der Waals surface area contributed by atoms with E-state index >= 15 is 0 Å². The molecule has 4 nitrogen and oxygen atoms in total. The van der Waals surface area contributed by atoms with Gasteiger partial charge in [-0.15, -0.1) is 11.3 Å². The van der Waals surface area contributed by atoms with Gasteiger partial charge in [0.25, 0.3) is 5.91 Å². The van der Waals surface area contributed by atoms with Crippen LogP contribution in [0.4, 0.5) is 5.69 Å². The molecule has 6 heteroatoms. The number of thiophene rings is 1. The maximum atomic E-state index is 12.4. The molecular formula is C15H13BrN2O2S. The molecule has 1 aromatic carbocycles. The van der Waals surface area contributed by atoms with E-state index in [4.69, 9.17) is 0 Å². The van der Waals surface area contributed by atoms with E-state index in [1.807, 2.05) is 29.6 Å². The summed E-state index contributed by atoms with van der Waals surface area (Å²) < 4.78 is 1.02. The lowest BCUT2D eigenvalue weighted by molar-refractivity contribution is -0.121. The molecule has 0 aliphatic carbocycles. The molecule has 3 rings (SSSR count). The molecule has 1 unspecified atom stereocenters. The number of nitrogens with one attached hydrogen (secondary N) is 1. The molecule has 1 aliphatic heterocycles. The predicted octanol–water partition coefficient (Wildman–Crippen LogP) is 2.93. The van der Waals surface area contributed by atoms with E-state index in [9.17, 15) is 9.59 Å². The number of rotatable bonds is 4. The van der Waals surface area contributed by atoms with Gasteiger partial charge in [0.1, 0.15) is 0 Å². The van der Waals surface area contributed by atoms with Crippen LogP contribution in [0.2, 0.25) is 0 Å². The first-order chi connectivity index (χ1) is 10.2. The highest BCUT2D eigenvalue weighted by Gasteiger charge is 2.39. The second kappa shape index (κ2) is 6.09. The van der Waals surface area contributed by atoms with Crippen molar-refractivity contribution < 1.29 is 9.59 Å². The molecule has 21 heavy (non-hydrogen) atoms. The molecule has 1 atom stereocenters. The number of amides is 2. The standard InChI is InChI=1S/C15H13BrN2O2S/c16-11-6-7-21-13(11)9-17-12-8-14(19)18(15(12)20)10-4-2-1-3-5-10/h1-7,12,17H,8-9H2. The molecule has 0 saturated carbocycles. The summed E-state index contributed by atoms with van der Waals surface area (Å²) in [6.07, 6.45) is 0.205. The minimum Gasteiger partial charge on any atom is -0.300 e. The number of anilines is 1. The Morgan fingerprint density at radius 3 is 2.67 bits per heavy atom. The van der Waals surface area contributed by atoms with Crippen LogP contribution < -0.4 is 10.2 Å². The molecule has 108 valence electrons. The zero-order chi connectivity index (χ0) is 14.8. The van der Waals surface area contributed by atoms with Gasteiger partial charge in [0.05, 0.1) is 18.2 Å². The third kappa shape index (κ3) is 2.92. The summed E-state index contributed by atoms with van der Waals surface area (Å²) in [7, 11) is 0. The first-order valence-electron chi connectivity index (χ1n) is 6.54. The molecular weight excluding hydrogens is 352 g/mol. The SMILES string of the molecule is O=C1CC(NCc2sccc2Br)C(=O)N1c1ccccc1. The first-order valence-corrected chi connectivity index (χ1v) is 8.21. The fourth-order valence-corrected chi connectivity index (χ4v) is 3.75. The van der Waals surface area contributed by atoms with Gasteiger partial charge in [-0.25, -0.2) is 4.90 Å². The molecule has 2 amide bonds. The lowest BCUT2D eigenvalue weighted by Gasteiger charge is -2.15. The summed E-state index contributed by atoms with van der Waals surface area (Å²) in [5.41, 5.74) is 0.633. The molecule has 1 saturated heterocycles. The van der Waals surface area contributed by atoms with Crippen molar-refractivity contribution in [2.24, 2.45) is 0 Å². The molecule has 1 fully saturated rings. The summed E-state index contributed by atoms with van der Waals surface area (Å²) in [5.74, 6) is -0.340. The van der Waals surface area contributed by atoms with Gasteiger partial charge < -0.3 is 5.32 Å². The average molecular weight is 365 g/mol. The number of carbonyl (C=O) groups excluding carboxylic acids is 2. The number of imide groups is 1. The molecule has 0 spiro atoms. The van der Waals surface area contributed by atoms with Crippen LogP contribution in [0.25, 0.3) is 0 Å². The summed E-state index contributed by atoms with van der Waals surface area (Å²) >= 11 is 5.07. The maximum Gasteiger partial charge on any atom is 0.251 e. The van der Waals surface area contributed by atoms with E-state index in [0.717, 1.165) is 9.35 Å². The number of nitrogens with zero attached hydrogens (tertiary/aromatic N) is 1. The summed E-state index contributed by atoms with van der Waals surface area (Å²) in [6, 6.07) is 10.6. The fourth-order valence-electron chi connectivity index (χ4n) is 2.31. The Balaban J connectivity index is 1.71.